The van der Waals surface area contributed by atoms with Crippen molar-refractivity contribution in [1.29, 1.82) is 0 Å². The monoisotopic (exact) mass is 424 g/mol. The van der Waals surface area contributed by atoms with E-state index in [1.54, 1.807) is 25.6 Å². The van der Waals surface area contributed by atoms with E-state index in [2.05, 4.69) is 16.4 Å². The molecule has 29 heavy (non-hydrogen) atoms. The number of methoxy groups -OCH3 is 1. The summed E-state index contributed by atoms with van der Waals surface area (Å²) in [6.45, 7) is 0. The number of halogens is 2. The second-order valence-corrected chi connectivity index (χ2v) is 7.27. The lowest BCUT2D eigenvalue weighted by Gasteiger charge is -2.15. The van der Waals surface area contributed by atoms with Gasteiger partial charge in [-0.3, -0.25) is 4.99 Å². The van der Waals surface area contributed by atoms with Crippen LogP contribution in [0.1, 0.15) is 23.5 Å². The molecule has 0 spiro atoms. The van der Waals surface area contributed by atoms with Crippen molar-refractivity contribution in [2.75, 3.05) is 12.4 Å². The van der Waals surface area contributed by atoms with Crippen molar-refractivity contribution in [3.63, 3.8) is 0 Å². The molecule has 4 rings (SSSR count). The molecule has 1 aliphatic heterocycles. The molecule has 0 saturated heterocycles. The molecular formula is C22H18Cl2N4O. The maximum atomic E-state index is 6.31. The third-order valence-electron chi connectivity index (χ3n) is 4.45. The zero-order valence-electron chi connectivity index (χ0n) is 15.7. The van der Waals surface area contributed by atoms with Crippen molar-refractivity contribution in [3.05, 3.63) is 75.8 Å². The van der Waals surface area contributed by atoms with E-state index in [0.717, 1.165) is 28.9 Å². The summed E-state index contributed by atoms with van der Waals surface area (Å²) < 4.78 is 5.32. The van der Waals surface area contributed by atoms with Gasteiger partial charge in [0, 0.05) is 46.8 Å². The Morgan fingerprint density at radius 2 is 2.03 bits per heavy atom. The van der Waals surface area contributed by atoms with Crippen LogP contribution in [0.25, 0.3) is 11.6 Å². The molecule has 0 fully saturated rings. The lowest BCUT2D eigenvalue weighted by atomic mass is 10.1. The summed E-state index contributed by atoms with van der Waals surface area (Å²) in [6.07, 6.45) is 14.7. The highest BCUT2D eigenvalue weighted by Gasteiger charge is 2.17. The van der Waals surface area contributed by atoms with Gasteiger partial charge in [-0.2, -0.15) is 0 Å². The van der Waals surface area contributed by atoms with Gasteiger partial charge in [-0.1, -0.05) is 41.4 Å². The number of aromatic nitrogens is 2. The first-order chi connectivity index (χ1) is 14.1. The molecule has 2 aromatic rings. The third kappa shape index (κ3) is 4.42. The number of ether oxygens (including phenoxy) is 1. The lowest BCUT2D eigenvalue weighted by Crippen LogP contribution is -2.07. The summed E-state index contributed by atoms with van der Waals surface area (Å²) in [7, 11) is 1.58. The average Bonchev–Trinajstić information content (AvgIpc) is 3.10. The number of rotatable bonds is 4. The number of allylic oxidation sites excluding steroid dienone is 6. The van der Waals surface area contributed by atoms with Crippen LogP contribution in [0.5, 0.6) is 5.75 Å². The van der Waals surface area contributed by atoms with Gasteiger partial charge in [-0.05, 0) is 30.7 Å². The molecule has 7 heteroatoms. The molecule has 1 aromatic heterocycles. The number of aliphatic imine (C=N–C) groups is 1. The first-order valence-corrected chi connectivity index (χ1v) is 9.83. The van der Waals surface area contributed by atoms with Gasteiger partial charge in [0.15, 0.2) is 5.82 Å². The number of benzene rings is 1. The van der Waals surface area contributed by atoms with E-state index in [-0.39, 0.29) is 0 Å². The normalized spacial score (nSPS) is 15.1. The van der Waals surface area contributed by atoms with E-state index in [9.17, 15) is 0 Å². The SMILES string of the molecule is COc1cc(Nc2nc(C3=CCC=CN=C3)nc3c2C=C(Cl)C=CC3)ccc1Cl. The highest BCUT2D eigenvalue weighted by atomic mass is 35.5. The molecule has 0 saturated carbocycles. The van der Waals surface area contributed by atoms with Gasteiger partial charge < -0.3 is 10.1 Å². The average molecular weight is 425 g/mol. The smallest absolute Gasteiger partial charge is 0.163 e. The highest BCUT2D eigenvalue weighted by Crippen LogP contribution is 2.32. The van der Waals surface area contributed by atoms with Crippen LogP contribution in [-0.2, 0) is 6.42 Å². The van der Waals surface area contributed by atoms with Crippen LogP contribution in [-0.4, -0.2) is 23.3 Å². The van der Waals surface area contributed by atoms with Crippen LogP contribution in [0, 0.1) is 0 Å². The third-order valence-corrected chi connectivity index (χ3v) is 4.99. The molecule has 0 atom stereocenters. The fourth-order valence-corrected chi connectivity index (χ4v) is 3.43. The summed E-state index contributed by atoms with van der Waals surface area (Å²) in [5, 5.41) is 4.53. The predicted octanol–water partition coefficient (Wildman–Crippen LogP) is 5.95. The standard InChI is InChI=1S/C22H18Cl2N4O/c1-29-20-12-16(8-9-18(20)24)26-22-17-11-15(23)6-4-7-19(17)27-21(28-22)14-5-2-3-10-25-13-14/h3-6,8-13H,2,7H2,1H3,(H,26,27,28). The Labute approximate surface area is 179 Å². The molecule has 0 unspecified atom stereocenters. The van der Waals surface area contributed by atoms with E-state index < -0.39 is 0 Å². The van der Waals surface area contributed by atoms with E-state index >= 15 is 0 Å². The van der Waals surface area contributed by atoms with E-state index in [1.807, 2.05) is 36.4 Å². The molecular weight excluding hydrogens is 407 g/mol. The first kappa shape index (κ1) is 19.4. The number of nitrogens with zero attached hydrogens (tertiary/aromatic N) is 3. The Kier molecular flexibility index (Phi) is 5.79. The Morgan fingerprint density at radius 1 is 1.14 bits per heavy atom. The summed E-state index contributed by atoms with van der Waals surface area (Å²) in [6, 6.07) is 5.47. The highest BCUT2D eigenvalue weighted by molar-refractivity contribution is 6.33. The molecule has 0 radical (unpaired) electrons. The number of hydrogen-bond acceptors (Lipinski definition) is 5. The maximum Gasteiger partial charge on any atom is 0.163 e. The fourth-order valence-electron chi connectivity index (χ4n) is 3.03. The Hall–Kier alpha value is -2.89. The molecule has 146 valence electrons. The first-order valence-electron chi connectivity index (χ1n) is 9.08. The predicted molar refractivity (Wildman–Crippen MR) is 120 cm³/mol. The van der Waals surface area contributed by atoms with Crippen molar-refractivity contribution in [3.8, 4) is 5.75 Å². The lowest BCUT2D eigenvalue weighted by molar-refractivity contribution is 0.415. The Bertz CT molecular complexity index is 1100. The summed E-state index contributed by atoms with van der Waals surface area (Å²) in [5.41, 5.74) is 3.40. The van der Waals surface area contributed by atoms with Crippen LogP contribution >= 0.6 is 23.2 Å². The Balaban J connectivity index is 1.81. The van der Waals surface area contributed by atoms with Crippen molar-refractivity contribution >= 4 is 52.6 Å². The number of anilines is 2. The number of nitrogens with one attached hydrogen (secondary N) is 1. The van der Waals surface area contributed by atoms with Crippen LogP contribution in [0.15, 0.2) is 58.7 Å². The van der Waals surface area contributed by atoms with Gasteiger partial charge >= 0.3 is 0 Å². The van der Waals surface area contributed by atoms with E-state index in [4.69, 9.17) is 37.9 Å². The van der Waals surface area contributed by atoms with Crippen molar-refractivity contribution in [2.45, 2.75) is 12.8 Å². The second kappa shape index (κ2) is 8.64. The summed E-state index contributed by atoms with van der Waals surface area (Å²) in [4.78, 5) is 13.8. The molecule has 2 aliphatic rings. The van der Waals surface area contributed by atoms with Crippen molar-refractivity contribution < 1.29 is 4.74 Å². The fraction of sp³-hybridized carbons (Fsp3) is 0.136. The van der Waals surface area contributed by atoms with Crippen molar-refractivity contribution in [2.24, 2.45) is 4.99 Å². The quantitative estimate of drug-likeness (QED) is 0.658. The van der Waals surface area contributed by atoms with Gasteiger partial charge in [-0.25, -0.2) is 9.97 Å². The molecule has 1 N–H and O–H groups in total. The van der Waals surface area contributed by atoms with Crippen molar-refractivity contribution in [1.82, 2.24) is 9.97 Å². The molecule has 2 heterocycles. The number of hydrogen-bond donors (Lipinski definition) is 1. The molecule has 1 aliphatic carbocycles. The van der Waals surface area contributed by atoms with Gasteiger partial charge in [0.2, 0.25) is 0 Å². The van der Waals surface area contributed by atoms with Gasteiger partial charge in [0.05, 0.1) is 17.8 Å². The second-order valence-electron chi connectivity index (χ2n) is 6.42. The summed E-state index contributed by atoms with van der Waals surface area (Å²) in [5.74, 6) is 1.85. The van der Waals surface area contributed by atoms with Crippen LogP contribution in [0.2, 0.25) is 5.02 Å². The van der Waals surface area contributed by atoms with Gasteiger partial charge in [0.25, 0.3) is 0 Å². The summed E-state index contributed by atoms with van der Waals surface area (Å²) >= 11 is 12.5. The Morgan fingerprint density at radius 3 is 2.90 bits per heavy atom. The molecule has 1 aromatic carbocycles. The van der Waals surface area contributed by atoms with Crippen LogP contribution in [0.3, 0.4) is 0 Å². The maximum absolute atomic E-state index is 6.31. The zero-order chi connectivity index (χ0) is 20.2. The van der Waals surface area contributed by atoms with Gasteiger partial charge in [0.1, 0.15) is 11.6 Å². The minimum Gasteiger partial charge on any atom is -0.495 e. The topological polar surface area (TPSA) is 59.4 Å². The van der Waals surface area contributed by atoms with Crippen LogP contribution < -0.4 is 10.1 Å². The van der Waals surface area contributed by atoms with Gasteiger partial charge in [-0.15, -0.1) is 0 Å². The van der Waals surface area contributed by atoms with Crippen LogP contribution in [0.4, 0.5) is 11.5 Å². The van der Waals surface area contributed by atoms with E-state index in [0.29, 0.717) is 33.9 Å². The number of fused-ring (bicyclic) bond motifs is 1. The molecule has 5 nitrogen and oxygen atoms in total. The zero-order valence-corrected chi connectivity index (χ0v) is 17.2. The molecule has 0 amide bonds. The minimum atomic E-state index is 0.541. The minimum absolute atomic E-state index is 0.541. The molecule has 0 bridgehead atoms. The van der Waals surface area contributed by atoms with E-state index in [1.165, 1.54) is 0 Å². The largest absolute Gasteiger partial charge is 0.495 e.